The molecule has 1 aliphatic heterocycles. The topological polar surface area (TPSA) is 57.2 Å². The average molecular weight is 495 g/mol. The largest absolute Gasteiger partial charge is 0.376 e. The number of amides is 1. The minimum absolute atomic E-state index is 0. The lowest BCUT2D eigenvalue weighted by Crippen LogP contribution is -2.42. The third-order valence-corrected chi connectivity index (χ3v) is 4.28. The highest BCUT2D eigenvalue weighted by Gasteiger charge is 2.17. The predicted molar refractivity (Wildman–Crippen MR) is 116 cm³/mol. The predicted octanol–water partition coefficient (Wildman–Crippen LogP) is 2.60. The van der Waals surface area contributed by atoms with E-state index in [1.54, 1.807) is 14.1 Å². The molecule has 6 nitrogen and oxygen atoms in total. The maximum Gasteiger partial charge on any atom is 0.243 e. The molecule has 1 aliphatic rings. The standard InChI is InChI=1S/C18H27ClN4O2.HI/c1-22(2)17(24)12-21-18(20-11-16-8-5-9-25-16)23(3)13-14-6-4-7-15(19)10-14;/h4,6-7,10,16H,5,8-9,11-13H2,1-3H3,(H,20,21);1H. The van der Waals surface area contributed by atoms with Gasteiger partial charge < -0.3 is 19.9 Å². The number of likely N-dealkylation sites (N-methyl/N-ethyl adjacent to an activating group) is 1. The summed E-state index contributed by atoms with van der Waals surface area (Å²) in [5.41, 5.74) is 1.08. The van der Waals surface area contributed by atoms with Crippen molar-refractivity contribution in [3.8, 4) is 0 Å². The maximum absolute atomic E-state index is 11.9. The second-order valence-electron chi connectivity index (χ2n) is 6.43. The van der Waals surface area contributed by atoms with E-state index >= 15 is 0 Å². The highest BCUT2D eigenvalue weighted by molar-refractivity contribution is 14.0. The van der Waals surface area contributed by atoms with Gasteiger partial charge in [0.15, 0.2) is 5.96 Å². The van der Waals surface area contributed by atoms with Gasteiger partial charge in [-0.2, -0.15) is 0 Å². The summed E-state index contributed by atoms with van der Waals surface area (Å²) in [6.07, 6.45) is 2.35. The lowest BCUT2D eigenvalue weighted by Gasteiger charge is -2.24. The Labute approximate surface area is 177 Å². The minimum Gasteiger partial charge on any atom is -0.376 e. The van der Waals surface area contributed by atoms with Crippen molar-refractivity contribution in [2.45, 2.75) is 25.5 Å². The lowest BCUT2D eigenvalue weighted by molar-refractivity contribution is -0.127. The first-order valence-corrected chi connectivity index (χ1v) is 8.89. The van der Waals surface area contributed by atoms with E-state index < -0.39 is 0 Å². The zero-order valence-corrected chi connectivity index (χ0v) is 18.7. The fourth-order valence-electron chi connectivity index (χ4n) is 2.59. The Morgan fingerprint density at radius 3 is 2.77 bits per heavy atom. The van der Waals surface area contributed by atoms with Crippen LogP contribution in [0.25, 0.3) is 0 Å². The number of rotatable bonds is 6. The van der Waals surface area contributed by atoms with Gasteiger partial charge in [0.2, 0.25) is 5.91 Å². The van der Waals surface area contributed by atoms with Gasteiger partial charge in [-0.3, -0.25) is 4.79 Å². The first-order chi connectivity index (χ1) is 12.0. The summed E-state index contributed by atoms with van der Waals surface area (Å²) in [7, 11) is 5.41. The Bertz CT molecular complexity index is 607. The van der Waals surface area contributed by atoms with Crippen molar-refractivity contribution in [2.24, 2.45) is 4.99 Å². The highest BCUT2D eigenvalue weighted by atomic mass is 127. The Morgan fingerprint density at radius 1 is 1.38 bits per heavy atom. The number of ether oxygens (including phenoxy) is 1. The molecule has 1 aromatic carbocycles. The molecule has 0 aromatic heterocycles. The molecule has 26 heavy (non-hydrogen) atoms. The van der Waals surface area contributed by atoms with E-state index in [1.165, 1.54) is 4.90 Å². The number of hydrogen-bond acceptors (Lipinski definition) is 3. The normalized spacial score (nSPS) is 16.8. The van der Waals surface area contributed by atoms with Crippen LogP contribution in [0.15, 0.2) is 29.3 Å². The van der Waals surface area contributed by atoms with Gasteiger partial charge in [0.1, 0.15) is 6.54 Å². The smallest absolute Gasteiger partial charge is 0.243 e. The van der Waals surface area contributed by atoms with Gasteiger partial charge in [0.25, 0.3) is 0 Å². The fraction of sp³-hybridized carbons (Fsp3) is 0.556. The molecule has 0 saturated carbocycles. The number of halogens is 2. The first-order valence-electron chi connectivity index (χ1n) is 8.51. The van der Waals surface area contributed by atoms with Crippen LogP contribution >= 0.6 is 35.6 Å². The molecule has 0 spiro atoms. The van der Waals surface area contributed by atoms with Gasteiger partial charge in [-0.15, -0.1) is 24.0 Å². The van der Waals surface area contributed by atoms with Crippen molar-refractivity contribution in [3.63, 3.8) is 0 Å². The van der Waals surface area contributed by atoms with Gasteiger partial charge in [-0.1, -0.05) is 23.7 Å². The molecule has 0 bridgehead atoms. The molecule has 0 radical (unpaired) electrons. The molecule has 1 aromatic rings. The average Bonchev–Trinajstić information content (AvgIpc) is 3.07. The van der Waals surface area contributed by atoms with E-state index in [0.717, 1.165) is 25.0 Å². The van der Waals surface area contributed by atoms with Crippen LogP contribution in [0.5, 0.6) is 0 Å². The number of benzene rings is 1. The number of carbonyl (C=O) groups excluding carboxylic acids is 1. The van der Waals surface area contributed by atoms with Crippen LogP contribution in [0.2, 0.25) is 5.02 Å². The highest BCUT2D eigenvalue weighted by Crippen LogP contribution is 2.13. The van der Waals surface area contributed by atoms with Gasteiger partial charge >= 0.3 is 0 Å². The van der Waals surface area contributed by atoms with Crippen LogP contribution in [0.4, 0.5) is 0 Å². The molecule has 1 N–H and O–H groups in total. The summed E-state index contributed by atoms with van der Waals surface area (Å²) in [6.45, 7) is 2.26. The van der Waals surface area contributed by atoms with Crippen molar-refractivity contribution in [2.75, 3.05) is 40.8 Å². The molecule has 1 atom stereocenters. The van der Waals surface area contributed by atoms with Crippen LogP contribution in [0.1, 0.15) is 18.4 Å². The van der Waals surface area contributed by atoms with Gasteiger partial charge in [0, 0.05) is 45.9 Å². The van der Waals surface area contributed by atoms with Gasteiger partial charge in [-0.25, -0.2) is 4.99 Å². The van der Waals surface area contributed by atoms with Crippen molar-refractivity contribution < 1.29 is 9.53 Å². The minimum atomic E-state index is -0.0347. The fourth-order valence-corrected chi connectivity index (χ4v) is 2.80. The molecule has 1 amide bonds. The van der Waals surface area contributed by atoms with Crippen LogP contribution in [0, 0.1) is 0 Å². The third kappa shape index (κ3) is 7.67. The second kappa shape index (κ2) is 11.6. The SMILES string of the molecule is CN(C)C(=O)CN=C(NCC1CCCO1)N(C)Cc1cccc(Cl)c1.I. The molecule has 1 unspecified atom stereocenters. The quantitative estimate of drug-likeness (QED) is 0.375. The monoisotopic (exact) mass is 494 g/mol. The van der Waals surface area contributed by atoms with Crippen molar-refractivity contribution in [1.82, 2.24) is 15.1 Å². The van der Waals surface area contributed by atoms with Crippen LogP contribution in [-0.4, -0.2) is 68.6 Å². The van der Waals surface area contributed by atoms with Gasteiger partial charge in [-0.05, 0) is 30.5 Å². The Morgan fingerprint density at radius 2 is 2.15 bits per heavy atom. The second-order valence-corrected chi connectivity index (χ2v) is 6.87. The van der Waals surface area contributed by atoms with E-state index in [4.69, 9.17) is 16.3 Å². The summed E-state index contributed by atoms with van der Waals surface area (Å²) >= 11 is 6.06. The third-order valence-electron chi connectivity index (χ3n) is 4.05. The zero-order chi connectivity index (χ0) is 18.2. The van der Waals surface area contributed by atoms with E-state index in [-0.39, 0.29) is 42.5 Å². The van der Waals surface area contributed by atoms with Crippen LogP contribution in [-0.2, 0) is 16.1 Å². The summed E-state index contributed by atoms with van der Waals surface area (Å²) < 4.78 is 5.65. The van der Waals surface area contributed by atoms with Crippen molar-refractivity contribution >= 4 is 47.4 Å². The van der Waals surface area contributed by atoms with E-state index in [1.807, 2.05) is 36.2 Å². The van der Waals surface area contributed by atoms with Crippen LogP contribution in [0.3, 0.4) is 0 Å². The molecule has 1 saturated heterocycles. The maximum atomic E-state index is 11.9. The number of carbonyl (C=O) groups is 1. The number of nitrogens with zero attached hydrogens (tertiary/aromatic N) is 3. The summed E-state index contributed by atoms with van der Waals surface area (Å²) in [5, 5.41) is 4.05. The van der Waals surface area contributed by atoms with Crippen molar-refractivity contribution in [3.05, 3.63) is 34.9 Å². The lowest BCUT2D eigenvalue weighted by atomic mass is 10.2. The van der Waals surface area contributed by atoms with Crippen LogP contribution < -0.4 is 5.32 Å². The Hall–Kier alpha value is -1.06. The van der Waals surface area contributed by atoms with E-state index in [9.17, 15) is 4.79 Å². The molecule has 146 valence electrons. The summed E-state index contributed by atoms with van der Waals surface area (Å²) in [4.78, 5) is 19.9. The van der Waals surface area contributed by atoms with E-state index in [0.29, 0.717) is 24.1 Å². The molecule has 1 fully saturated rings. The Balaban J connectivity index is 0.00000338. The summed E-state index contributed by atoms with van der Waals surface area (Å²) in [6, 6.07) is 7.73. The molecule has 0 aliphatic carbocycles. The molecular formula is C18H28ClIN4O2. The molecule has 8 heteroatoms. The van der Waals surface area contributed by atoms with E-state index in [2.05, 4.69) is 10.3 Å². The van der Waals surface area contributed by atoms with Gasteiger partial charge in [0.05, 0.1) is 6.10 Å². The Kier molecular flexibility index (Phi) is 10.3. The molecule has 1 heterocycles. The number of aliphatic imine (C=N–C) groups is 1. The number of nitrogens with one attached hydrogen (secondary N) is 1. The molecule has 2 rings (SSSR count). The first kappa shape index (κ1) is 23.0. The number of hydrogen-bond donors (Lipinski definition) is 1. The number of guanidine groups is 1. The van der Waals surface area contributed by atoms with Crippen molar-refractivity contribution in [1.29, 1.82) is 0 Å². The zero-order valence-electron chi connectivity index (χ0n) is 15.6. The molecular weight excluding hydrogens is 467 g/mol. The summed E-state index contributed by atoms with van der Waals surface area (Å²) in [5.74, 6) is 0.651.